The number of hydrogen-bond donors (Lipinski definition) is 1. The number of benzene rings is 1. The van der Waals surface area contributed by atoms with Crippen molar-refractivity contribution in [2.24, 2.45) is 11.8 Å². The minimum absolute atomic E-state index is 0.00469. The SMILES string of the molecule is CCCS(=O)(=O)OC[C@@H]1[C@@H](CO)CCC[C@H]1c1ccc(F)cc1. The van der Waals surface area contributed by atoms with Gasteiger partial charge in [-0.3, -0.25) is 4.18 Å². The largest absolute Gasteiger partial charge is 0.396 e. The Balaban J connectivity index is 2.16. The summed E-state index contributed by atoms with van der Waals surface area (Å²) in [7, 11) is -3.52. The Morgan fingerprint density at radius 1 is 1.26 bits per heavy atom. The zero-order valence-corrected chi connectivity index (χ0v) is 14.3. The van der Waals surface area contributed by atoms with Crippen LogP contribution in [0.3, 0.4) is 0 Å². The van der Waals surface area contributed by atoms with E-state index in [4.69, 9.17) is 4.18 Å². The molecule has 0 bridgehead atoms. The maximum absolute atomic E-state index is 13.1. The fraction of sp³-hybridized carbons (Fsp3) is 0.647. The summed E-state index contributed by atoms with van der Waals surface area (Å²) in [5.74, 6) is -0.272. The third-order valence-electron chi connectivity index (χ3n) is 4.64. The fourth-order valence-electron chi connectivity index (χ4n) is 3.45. The molecule has 0 aliphatic heterocycles. The molecule has 1 aromatic carbocycles. The van der Waals surface area contributed by atoms with Gasteiger partial charge < -0.3 is 5.11 Å². The monoisotopic (exact) mass is 344 g/mol. The van der Waals surface area contributed by atoms with E-state index in [1.165, 1.54) is 12.1 Å². The van der Waals surface area contributed by atoms with E-state index in [0.717, 1.165) is 24.8 Å². The average molecular weight is 344 g/mol. The molecule has 0 amide bonds. The molecule has 0 spiro atoms. The second kappa shape index (κ2) is 8.22. The number of aliphatic hydroxyl groups excluding tert-OH is 1. The van der Waals surface area contributed by atoms with Crippen molar-refractivity contribution in [2.75, 3.05) is 19.0 Å². The van der Waals surface area contributed by atoms with E-state index in [-0.39, 0.29) is 42.5 Å². The molecule has 2 rings (SSSR count). The maximum atomic E-state index is 13.1. The van der Waals surface area contributed by atoms with E-state index in [9.17, 15) is 17.9 Å². The molecule has 1 aliphatic rings. The Bertz CT molecular complexity index is 585. The predicted molar refractivity (Wildman–Crippen MR) is 87.1 cm³/mol. The molecule has 1 aliphatic carbocycles. The van der Waals surface area contributed by atoms with Crippen molar-refractivity contribution in [3.05, 3.63) is 35.6 Å². The van der Waals surface area contributed by atoms with Crippen molar-refractivity contribution in [3.63, 3.8) is 0 Å². The molecule has 0 unspecified atom stereocenters. The first-order valence-electron chi connectivity index (χ1n) is 8.20. The minimum Gasteiger partial charge on any atom is -0.396 e. The van der Waals surface area contributed by atoms with Crippen molar-refractivity contribution >= 4 is 10.1 Å². The summed E-state index contributed by atoms with van der Waals surface area (Å²) in [6, 6.07) is 6.33. The van der Waals surface area contributed by atoms with Gasteiger partial charge in [0.15, 0.2) is 0 Å². The standard InChI is InChI=1S/C17H25FO4S/c1-2-10-23(20,21)22-12-17-14(11-19)4-3-5-16(17)13-6-8-15(18)9-7-13/h6-9,14,16-17,19H,2-5,10-12H2,1H3/t14-,16+,17-/m1/s1. The van der Waals surface area contributed by atoms with Gasteiger partial charge in [-0.25, -0.2) is 4.39 Å². The van der Waals surface area contributed by atoms with Crippen LogP contribution in [-0.2, 0) is 14.3 Å². The highest BCUT2D eigenvalue weighted by Gasteiger charge is 2.35. The Morgan fingerprint density at radius 2 is 1.96 bits per heavy atom. The Labute approximate surface area is 137 Å². The molecule has 4 nitrogen and oxygen atoms in total. The van der Waals surface area contributed by atoms with Crippen LogP contribution < -0.4 is 0 Å². The van der Waals surface area contributed by atoms with Gasteiger partial charge in [0.05, 0.1) is 12.4 Å². The summed E-state index contributed by atoms with van der Waals surface area (Å²) in [6.07, 6.45) is 3.23. The molecular formula is C17H25FO4S. The Hall–Kier alpha value is -0.980. The van der Waals surface area contributed by atoms with Crippen LogP contribution in [0.5, 0.6) is 0 Å². The number of halogens is 1. The smallest absolute Gasteiger partial charge is 0.267 e. The Kier molecular flexibility index (Phi) is 6.56. The molecule has 1 fully saturated rings. The van der Waals surface area contributed by atoms with Gasteiger partial charge in [0, 0.05) is 6.61 Å². The van der Waals surface area contributed by atoms with Crippen LogP contribution in [0.25, 0.3) is 0 Å². The molecule has 130 valence electrons. The number of aliphatic hydroxyl groups is 1. The normalized spacial score (nSPS) is 25.4. The summed E-state index contributed by atoms with van der Waals surface area (Å²) in [4.78, 5) is 0. The van der Waals surface area contributed by atoms with Crippen LogP contribution in [0.1, 0.15) is 44.1 Å². The third-order valence-corrected chi connectivity index (χ3v) is 6.04. The van der Waals surface area contributed by atoms with Gasteiger partial charge in [0.1, 0.15) is 5.82 Å². The minimum atomic E-state index is -3.52. The number of hydrogen-bond acceptors (Lipinski definition) is 4. The zero-order chi connectivity index (χ0) is 16.9. The van der Waals surface area contributed by atoms with Gasteiger partial charge in [0.25, 0.3) is 10.1 Å². The predicted octanol–water partition coefficient (Wildman–Crippen LogP) is 3.07. The van der Waals surface area contributed by atoms with Gasteiger partial charge in [-0.2, -0.15) is 8.42 Å². The van der Waals surface area contributed by atoms with Crippen molar-refractivity contribution in [1.29, 1.82) is 0 Å². The lowest BCUT2D eigenvalue weighted by molar-refractivity contribution is 0.0814. The van der Waals surface area contributed by atoms with Crippen LogP contribution in [0.2, 0.25) is 0 Å². The fourth-order valence-corrected chi connectivity index (χ4v) is 4.43. The van der Waals surface area contributed by atoms with E-state index in [1.54, 1.807) is 19.1 Å². The maximum Gasteiger partial charge on any atom is 0.267 e. The molecule has 0 saturated heterocycles. The van der Waals surface area contributed by atoms with Crippen molar-refractivity contribution in [1.82, 2.24) is 0 Å². The van der Waals surface area contributed by atoms with Gasteiger partial charge in [0.2, 0.25) is 0 Å². The van der Waals surface area contributed by atoms with Gasteiger partial charge in [-0.15, -0.1) is 0 Å². The van der Waals surface area contributed by atoms with E-state index < -0.39 is 10.1 Å². The molecular weight excluding hydrogens is 319 g/mol. The highest BCUT2D eigenvalue weighted by Crippen LogP contribution is 2.41. The summed E-state index contributed by atoms with van der Waals surface area (Å²) < 4.78 is 42.0. The van der Waals surface area contributed by atoms with Crippen molar-refractivity contribution in [2.45, 2.75) is 38.5 Å². The quantitative estimate of drug-likeness (QED) is 0.772. The molecule has 1 N–H and O–H groups in total. The zero-order valence-electron chi connectivity index (χ0n) is 13.4. The van der Waals surface area contributed by atoms with E-state index in [0.29, 0.717) is 6.42 Å². The number of rotatable bonds is 7. The molecule has 23 heavy (non-hydrogen) atoms. The lowest BCUT2D eigenvalue weighted by Gasteiger charge is -2.37. The first kappa shape index (κ1) is 18.4. The van der Waals surface area contributed by atoms with Crippen LogP contribution in [0, 0.1) is 17.7 Å². The van der Waals surface area contributed by atoms with Gasteiger partial charge >= 0.3 is 0 Å². The van der Waals surface area contributed by atoms with Crippen LogP contribution in [0.15, 0.2) is 24.3 Å². The Morgan fingerprint density at radius 3 is 2.57 bits per heavy atom. The van der Waals surface area contributed by atoms with Crippen molar-refractivity contribution < 1.29 is 22.1 Å². The summed E-state index contributed by atoms with van der Waals surface area (Å²) in [5.41, 5.74) is 0.978. The van der Waals surface area contributed by atoms with Crippen LogP contribution >= 0.6 is 0 Å². The van der Waals surface area contributed by atoms with Crippen LogP contribution in [-0.4, -0.2) is 32.5 Å². The second-order valence-corrected chi connectivity index (χ2v) is 8.00. The van der Waals surface area contributed by atoms with E-state index in [2.05, 4.69) is 0 Å². The lowest BCUT2D eigenvalue weighted by atomic mass is 9.70. The first-order chi connectivity index (χ1) is 11.0. The first-order valence-corrected chi connectivity index (χ1v) is 9.78. The molecule has 0 heterocycles. The molecule has 3 atom stereocenters. The van der Waals surface area contributed by atoms with Gasteiger partial charge in [-0.1, -0.05) is 25.5 Å². The summed E-state index contributed by atoms with van der Waals surface area (Å²) in [6.45, 7) is 1.88. The molecule has 1 aromatic rings. The van der Waals surface area contributed by atoms with Gasteiger partial charge in [-0.05, 0) is 54.7 Å². The molecule has 6 heteroatoms. The molecule has 1 saturated carbocycles. The summed E-state index contributed by atoms with van der Waals surface area (Å²) >= 11 is 0. The van der Waals surface area contributed by atoms with E-state index >= 15 is 0 Å². The topological polar surface area (TPSA) is 63.6 Å². The highest BCUT2D eigenvalue weighted by atomic mass is 32.2. The lowest BCUT2D eigenvalue weighted by Crippen LogP contribution is -2.33. The van der Waals surface area contributed by atoms with Crippen molar-refractivity contribution in [3.8, 4) is 0 Å². The highest BCUT2D eigenvalue weighted by molar-refractivity contribution is 7.86. The molecule has 0 aromatic heterocycles. The third kappa shape index (κ3) is 4.99. The summed E-state index contributed by atoms with van der Waals surface area (Å²) in [5, 5.41) is 9.64. The average Bonchev–Trinajstić information content (AvgIpc) is 2.53. The van der Waals surface area contributed by atoms with E-state index in [1.807, 2.05) is 0 Å². The second-order valence-electron chi connectivity index (χ2n) is 6.24. The van der Waals surface area contributed by atoms with Crippen LogP contribution in [0.4, 0.5) is 4.39 Å². The molecule has 0 radical (unpaired) electrons.